The van der Waals surface area contributed by atoms with Gasteiger partial charge in [0.15, 0.2) is 6.10 Å². The Morgan fingerprint density at radius 2 is 1.62 bits per heavy atom. The number of rotatable bonds is 5. The van der Waals surface area contributed by atoms with E-state index in [4.69, 9.17) is 16.3 Å². The molecule has 8 heteroatoms. The van der Waals surface area contributed by atoms with Gasteiger partial charge in [0, 0.05) is 23.3 Å². The number of carbonyl (C=O) groups is 3. The molecule has 7 nitrogen and oxygen atoms in total. The first kappa shape index (κ1) is 19.3. The number of carbonyl (C=O) groups excluding carboxylic acids is 3. The molecule has 3 N–H and O–H groups in total. The predicted molar refractivity (Wildman–Crippen MR) is 97.4 cm³/mol. The SMILES string of the molecule is CC(=O)Nc1ccc(NC(=O)[C@@H](C)OC(=O)c2cc(Cl)ccc2O)cc1. The molecule has 0 unspecified atom stereocenters. The lowest BCUT2D eigenvalue weighted by molar-refractivity contribution is -0.123. The van der Waals surface area contributed by atoms with E-state index in [1.54, 1.807) is 24.3 Å². The molecule has 0 aliphatic heterocycles. The highest BCUT2D eigenvalue weighted by Crippen LogP contribution is 2.23. The maximum atomic E-state index is 12.1. The Labute approximate surface area is 154 Å². The maximum absolute atomic E-state index is 12.1. The smallest absolute Gasteiger partial charge is 0.342 e. The van der Waals surface area contributed by atoms with Gasteiger partial charge in [-0.1, -0.05) is 11.6 Å². The summed E-state index contributed by atoms with van der Waals surface area (Å²) in [4.78, 5) is 35.2. The first-order valence-corrected chi connectivity index (χ1v) is 8.02. The molecule has 2 aromatic rings. The average Bonchev–Trinajstić information content (AvgIpc) is 2.58. The van der Waals surface area contributed by atoms with Crippen LogP contribution in [0.5, 0.6) is 5.75 Å². The average molecular weight is 377 g/mol. The molecule has 2 amide bonds. The first-order valence-electron chi connectivity index (χ1n) is 7.64. The van der Waals surface area contributed by atoms with E-state index in [9.17, 15) is 19.5 Å². The van der Waals surface area contributed by atoms with Gasteiger partial charge in [-0.05, 0) is 49.4 Å². The lowest BCUT2D eigenvalue weighted by atomic mass is 10.2. The molecule has 0 heterocycles. The summed E-state index contributed by atoms with van der Waals surface area (Å²) in [6.07, 6.45) is -1.10. The van der Waals surface area contributed by atoms with Crippen LogP contribution in [0.1, 0.15) is 24.2 Å². The third-order valence-corrected chi connectivity index (χ3v) is 3.54. The number of phenols is 1. The zero-order valence-corrected chi connectivity index (χ0v) is 14.8. The molecule has 0 saturated carbocycles. The molecule has 0 aromatic heterocycles. The highest BCUT2D eigenvalue weighted by molar-refractivity contribution is 6.31. The number of phenolic OH excluding ortho intramolecular Hbond substituents is 1. The van der Waals surface area contributed by atoms with E-state index in [1.165, 1.54) is 32.0 Å². The number of nitrogens with one attached hydrogen (secondary N) is 2. The maximum Gasteiger partial charge on any atom is 0.342 e. The third kappa shape index (κ3) is 5.22. The van der Waals surface area contributed by atoms with Crippen LogP contribution in [0.2, 0.25) is 5.02 Å². The fourth-order valence-electron chi connectivity index (χ4n) is 2.03. The van der Waals surface area contributed by atoms with E-state index in [1.807, 2.05) is 0 Å². The molecule has 1 atom stereocenters. The van der Waals surface area contributed by atoms with E-state index >= 15 is 0 Å². The van der Waals surface area contributed by atoms with Gasteiger partial charge in [0.2, 0.25) is 5.91 Å². The number of aromatic hydroxyl groups is 1. The van der Waals surface area contributed by atoms with E-state index in [0.29, 0.717) is 11.4 Å². The zero-order chi connectivity index (χ0) is 19.3. The van der Waals surface area contributed by atoms with Crippen molar-refractivity contribution in [1.29, 1.82) is 0 Å². The second-order valence-corrected chi connectivity index (χ2v) is 5.89. The molecule has 136 valence electrons. The summed E-state index contributed by atoms with van der Waals surface area (Å²) in [5.74, 6) is -1.91. The van der Waals surface area contributed by atoms with Crippen molar-refractivity contribution in [1.82, 2.24) is 0 Å². The van der Waals surface area contributed by atoms with Crippen molar-refractivity contribution >= 4 is 40.8 Å². The first-order chi connectivity index (χ1) is 12.3. The molecule has 2 rings (SSSR count). The minimum absolute atomic E-state index is 0.128. The third-order valence-electron chi connectivity index (χ3n) is 3.30. The van der Waals surface area contributed by atoms with Crippen molar-refractivity contribution in [2.24, 2.45) is 0 Å². The second kappa shape index (κ2) is 8.35. The predicted octanol–water partition coefficient (Wildman–Crippen LogP) is 3.19. The summed E-state index contributed by atoms with van der Waals surface area (Å²) < 4.78 is 5.06. The van der Waals surface area contributed by atoms with Crippen molar-refractivity contribution in [3.05, 3.63) is 53.1 Å². The topological polar surface area (TPSA) is 105 Å². The number of hydrogen-bond donors (Lipinski definition) is 3. The summed E-state index contributed by atoms with van der Waals surface area (Å²) in [6, 6.07) is 10.4. The van der Waals surface area contributed by atoms with E-state index in [2.05, 4.69) is 10.6 Å². The molecular weight excluding hydrogens is 360 g/mol. The Balaban J connectivity index is 1.97. The van der Waals surface area contributed by atoms with Crippen molar-refractivity contribution < 1.29 is 24.2 Å². The molecule has 0 aliphatic rings. The monoisotopic (exact) mass is 376 g/mol. The number of amides is 2. The number of esters is 1. The number of ether oxygens (including phenoxy) is 1. The Morgan fingerprint density at radius 1 is 1.04 bits per heavy atom. The van der Waals surface area contributed by atoms with Crippen LogP contribution in [0.4, 0.5) is 11.4 Å². The van der Waals surface area contributed by atoms with Crippen LogP contribution in [0.15, 0.2) is 42.5 Å². The van der Waals surface area contributed by atoms with Crippen LogP contribution in [0.25, 0.3) is 0 Å². The lowest BCUT2D eigenvalue weighted by Crippen LogP contribution is -2.30. The standard InChI is InChI=1S/C18H17ClN2O5/c1-10(26-18(25)15-9-12(19)3-8-16(15)23)17(24)21-14-6-4-13(5-7-14)20-11(2)22/h3-10,23H,1-2H3,(H,20,22)(H,21,24)/t10-/m1/s1. The number of anilines is 2. The van der Waals surface area contributed by atoms with E-state index < -0.39 is 18.0 Å². The summed E-state index contributed by atoms with van der Waals surface area (Å²) in [7, 11) is 0. The Bertz CT molecular complexity index is 836. The Morgan fingerprint density at radius 3 is 2.19 bits per heavy atom. The highest BCUT2D eigenvalue weighted by atomic mass is 35.5. The molecular formula is C18H17ClN2O5. The summed E-state index contributed by atoms with van der Waals surface area (Å²) >= 11 is 5.79. The van der Waals surface area contributed by atoms with Crippen LogP contribution in [0, 0.1) is 0 Å². The molecule has 0 bridgehead atoms. The molecule has 0 spiro atoms. The molecule has 0 radical (unpaired) electrons. The molecule has 0 aliphatic carbocycles. The number of hydrogen-bond acceptors (Lipinski definition) is 5. The summed E-state index contributed by atoms with van der Waals surface area (Å²) in [6.45, 7) is 2.80. The van der Waals surface area contributed by atoms with Gasteiger partial charge in [-0.25, -0.2) is 4.79 Å². The van der Waals surface area contributed by atoms with Gasteiger partial charge in [0.1, 0.15) is 11.3 Å². The van der Waals surface area contributed by atoms with Crippen LogP contribution < -0.4 is 10.6 Å². The van der Waals surface area contributed by atoms with Crippen LogP contribution >= 0.6 is 11.6 Å². The normalized spacial score (nSPS) is 11.3. The number of benzene rings is 2. The molecule has 2 aromatic carbocycles. The quantitative estimate of drug-likeness (QED) is 0.695. The lowest BCUT2D eigenvalue weighted by Gasteiger charge is -2.14. The highest BCUT2D eigenvalue weighted by Gasteiger charge is 2.21. The second-order valence-electron chi connectivity index (χ2n) is 5.46. The zero-order valence-electron chi connectivity index (χ0n) is 14.1. The van der Waals surface area contributed by atoms with Crippen molar-refractivity contribution in [2.45, 2.75) is 20.0 Å². The van der Waals surface area contributed by atoms with Gasteiger partial charge >= 0.3 is 5.97 Å². The van der Waals surface area contributed by atoms with Gasteiger partial charge in [-0.2, -0.15) is 0 Å². The molecule has 26 heavy (non-hydrogen) atoms. The van der Waals surface area contributed by atoms with Gasteiger partial charge in [-0.15, -0.1) is 0 Å². The van der Waals surface area contributed by atoms with Gasteiger partial charge < -0.3 is 20.5 Å². The van der Waals surface area contributed by atoms with E-state index in [0.717, 1.165) is 0 Å². The van der Waals surface area contributed by atoms with Gasteiger partial charge in [0.05, 0.1) is 0 Å². The van der Waals surface area contributed by atoms with Crippen LogP contribution in [0.3, 0.4) is 0 Å². The number of halogens is 1. The molecule has 0 fully saturated rings. The van der Waals surface area contributed by atoms with Crippen molar-refractivity contribution in [3.8, 4) is 5.75 Å². The largest absolute Gasteiger partial charge is 0.507 e. The van der Waals surface area contributed by atoms with Crippen LogP contribution in [-0.4, -0.2) is 29.0 Å². The Hall–Kier alpha value is -3.06. The minimum Gasteiger partial charge on any atom is -0.507 e. The van der Waals surface area contributed by atoms with E-state index in [-0.39, 0.29) is 22.2 Å². The van der Waals surface area contributed by atoms with Crippen LogP contribution in [-0.2, 0) is 14.3 Å². The van der Waals surface area contributed by atoms with Gasteiger partial charge in [0.25, 0.3) is 5.91 Å². The minimum atomic E-state index is -1.10. The van der Waals surface area contributed by atoms with Gasteiger partial charge in [-0.3, -0.25) is 9.59 Å². The van der Waals surface area contributed by atoms with Crippen molar-refractivity contribution in [3.63, 3.8) is 0 Å². The molecule has 0 saturated heterocycles. The summed E-state index contributed by atoms with van der Waals surface area (Å²) in [5.41, 5.74) is 0.931. The Kier molecular flexibility index (Phi) is 6.19. The van der Waals surface area contributed by atoms with Crippen molar-refractivity contribution in [2.75, 3.05) is 10.6 Å². The fraction of sp³-hybridized carbons (Fsp3) is 0.167. The summed E-state index contributed by atoms with van der Waals surface area (Å²) in [5, 5.41) is 15.1. The fourth-order valence-corrected chi connectivity index (χ4v) is 2.21.